The van der Waals surface area contributed by atoms with E-state index in [1.165, 1.54) is 4.31 Å². The van der Waals surface area contributed by atoms with Crippen molar-refractivity contribution in [2.24, 2.45) is 0 Å². The topological polar surface area (TPSA) is 91.8 Å². The number of nitrogens with zero attached hydrogens (tertiary/aromatic N) is 3. The molecule has 0 aliphatic carbocycles. The summed E-state index contributed by atoms with van der Waals surface area (Å²) in [7, 11) is -3.65. The molecule has 9 heteroatoms. The Morgan fingerprint density at radius 1 is 1.07 bits per heavy atom. The number of piperidine rings is 1. The van der Waals surface area contributed by atoms with Crippen molar-refractivity contribution in [2.75, 3.05) is 31.6 Å². The number of hydrogen-bond donors (Lipinski definition) is 1. The number of carbonyl (C=O) groups excluding carboxylic acids is 1. The molecule has 1 N–H and O–H groups in total. The first-order chi connectivity index (χ1) is 13.5. The van der Waals surface area contributed by atoms with Crippen molar-refractivity contribution in [3.05, 3.63) is 54.9 Å². The summed E-state index contributed by atoms with van der Waals surface area (Å²) in [6.07, 6.45) is 4.08. The standard InChI is InChI=1S/C19H22N4O4S/c24-18(21-16-5-4-10-20-15-16)22-11-8-19(9-12-22)23(13-14-27-19)28(25,26)17-6-2-1-3-7-17/h1-7,10,15H,8-9,11-14H2,(H,21,24). The Bertz CT molecular complexity index is 929. The van der Waals surface area contributed by atoms with Gasteiger partial charge in [0.05, 0.1) is 23.4 Å². The summed E-state index contributed by atoms with van der Waals surface area (Å²) in [6.45, 7) is 1.49. The molecule has 2 saturated heterocycles. The summed E-state index contributed by atoms with van der Waals surface area (Å²) in [5, 5.41) is 2.81. The van der Waals surface area contributed by atoms with E-state index in [1.54, 1.807) is 59.8 Å². The molecular formula is C19H22N4O4S. The molecule has 0 unspecified atom stereocenters. The van der Waals surface area contributed by atoms with Gasteiger partial charge in [0.2, 0.25) is 10.0 Å². The van der Waals surface area contributed by atoms with Crippen molar-refractivity contribution in [1.29, 1.82) is 0 Å². The molecule has 2 aliphatic heterocycles. The van der Waals surface area contributed by atoms with Gasteiger partial charge in [-0.05, 0) is 24.3 Å². The Morgan fingerprint density at radius 3 is 2.50 bits per heavy atom. The van der Waals surface area contributed by atoms with E-state index in [9.17, 15) is 13.2 Å². The fraction of sp³-hybridized carbons (Fsp3) is 0.368. The van der Waals surface area contributed by atoms with E-state index in [0.29, 0.717) is 44.8 Å². The summed E-state index contributed by atoms with van der Waals surface area (Å²) < 4.78 is 33.6. The van der Waals surface area contributed by atoms with Crippen LogP contribution in [-0.2, 0) is 14.8 Å². The summed E-state index contributed by atoms with van der Waals surface area (Å²) in [5.41, 5.74) is -0.266. The normalized spacial score (nSPS) is 19.6. The number of likely N-dealkylation sites (tertiary alicyclic amines) is 1. The van der Waals surface area contributed by atoms with Crippen LogP contribution in [0.4, 0.5) is 10.5 Å². The molecule has 1 aromatic heterocycles. The first-order valence-corrected chi connectivity index (χ1v) is 10.6. The van der Waals surface area contributed by atoms with Crippen LogP contribution in [0, 0.1) is 0 Å². The van der Waals surface area contributed by atoms with Crippen molar-refractivity contribution in [1.82, 2.24) is 14.2 Å². The Kier molecular flexibility index (Phi) is 5.05. The smallest absolute Gasteiger partial charge is 0.321 e. The molecule has 0 atom stereocenters. The number of benzene rings is 1. The lowest BCUT2D eigenvalue weighted by molar-refractivity contribution is -0.0840. The highest BCUT2D eigenvalue weighted by Crippen LogP contribution is 2.38. The van der Waals surface area contributed by atoms with E-state index in [-0.39, 0.29) is 10.9 Å². The fourth-order valence-electron chi connectivity index (χ4n) is 3.75. The lowest BCUT2D eigenvalue weighted by Gasteiger charge is -2.42. The monoisotopic (exact) mass is 402 g/mol. The largest absolute Gasteiger partial charge is 0.358 e. The number of carbonyl (C=O) groups is 1. The van der Waals surface area contributed by atoms with Gasteiger partial charge in [-0.3, -0.25) is 4.98 Å². The van der Waals surface area contributed by atoms with Crippen molar-refractivity contribution >= 4 is 21.7 Å². The van der Waals surface area contributed by atoms with E-state index < -0.39 is 15.7 Å². The average molecular weight is 402 g/mol. The number of anilines is 1. The van der Waals surface area contributed by atoms with Crippen molar-refractivity contribution in [2.45, 2.75) is 23.5 Å². The van der Waals surface area contributed by atoms with Gasteiger partial charge in [0.15, 0.2) is 0 Å². The SMILES string of the molecule is O=C(Nc1cccnc1)N1CCC2(CC1)OCCN2S(=O)(=O)c1ccccc1. The molecule has 2 aromatic rings. The molecule has 28 heavy (non-hydrogen) atoms. The van der Waals surface area contributed by atoms with Gasteiger partial charge >= 0.3 is 6.03 Å². The van der Waals surface area contributed by atoms with Crippen molar-refractivity contribution in [3.63, 3.8) is 0 Å². The number of aromatic nitrogens is 1. The molecule has 8 nitrogen and oxygen atoms in total. The first kappa shape index (κ1) is 18.9. The summed E-state index contributed by atoms with van der Waals surface area (Å²) in [4.78, 5) is 18.4. The van der Waals surface area contributed by atoms with Crippen LogP contribution in [0.3, 0.4) is 0 Å². The maximum atomic E-state index is 13.1. The minimum Gasteiger partial charge on any atom is -0.358 e. The molecule has 0 radical (unpaired) electrons. The quantitative estimate of drug-likeness (QED) is 0.849. The first-order valence-electron chi connectivity index (χ1n) is 9.19. The third-order valence-electron chi connectivity index (χ3n) is 5.20. The van der Waals surface area contributed by atoms with Gasteiger partial charge in [-0.2, -0.15) is 4.31 Å². The fourth-order valence-corrected chi connectivity index (χ4v) is 5.49. The van der Waals surface area contributed by atoms with Gasteiger partial charge in [0.1, 0.15) is 5.72 Å². The second kappa shape index (κ2) is 7.50. The number of hydrogen-bond acceptors (Lipinski definition) is 5. The van der Waals surface area contributed by atoms with E-state index in [0.717, 1.165) is 0 Å². The highest BCUT2D eigenvalue weighted by molar-refractivity contribution is 7.89. The van der Waals surface area contributed by atoms with Crippen LogP contribution in [0.25, 0.3) is 0 Å². The molecule has 4 rings (SSSR count). The predicted molar refractivity (Wildman–Crippen MR) is 103 cm³/mol. The van der Waals surface area contributed by atoms with Crippen LogP contribution < -0.4 is 5.32 Å². The summed E-state index contributed by atoms with van der Waals surface area (Å²) in [5.74, 6) is 0. The van der Waals surface area contributed by atoms with Crippen molar-refractivity contribution < 1.29 is 17.9 Å². The van der Waals surface area contributed by atoms with Gasteiger partial charge in [-0.25, -0.2) is 13.2 Å². The second-order valence-corrected chi connectivity index (χ2v) is 8.71. The van der Waals surface area contributed by atoms with Crippen LogP contribution in [0.2, 0.25) is 0 Å². The van der Waals surface area contributed by atoms with Gasteiger partial charge in [-0.15, -0.1) is 0 Å². The number of ether oxygens (including phenoxy) is 1. The number of amides is 2. The highest BCUT2D eigenvalue weighted by atomic mass is 32.2. The van der Waals surface area contributed by atoms with Crippen LogP contribution in [0.15, 0.2) is 59.8 Å². The molecule has 1 spiro atoms. The van der Waals surface area contributed by atoms with Crippen LogP contribution in [0.5, 0.6) is 0 Å². The van der Waals surface area contributed by atoms with Gasteiger partial charge in [0, 0.05) is 38.7 Å². The molecule has 148 valence electrons. The van der Waals surface area contributed by atoms with Gasteiger partial charge in [0.25, 0.3) is 0 Å². The number of rotatable bonds is 3. The predicted octanol–water partition coefficient (Wildman–Crippen LogP) is 2.13. The minimum absolute atomic E-state index is 0.224. The number of sulfonamides is 1. The molecule has 0 saturated carbocycles. The Labute approximate surface area is 164 Å². The molecular weight excluding hydrogens is 380 g/mol. The number of nitrogens with one attached hydrogen (secondary N) is 1. The summed E-state index contributed by atoms with van der Waals surface area (Å²) in [6, 6.07) is 11.7. The second-order valence-electron chi connectivity index (χ2n) is 6.84. The zero-order chi connectivity index (χ0) is 19.6. The molecule has 2 amide bonds. The molecule has 0 bridgehead atoms. The zero-order valence-corrected chi connectivity index (χ0v) is 16.1. The van der Waals surface area contributed by atoms with E-state index in [1.807, 2.05) is 0 Å². The Balaban J connectivity index is 1.46. The average Bonchev–Trinajstić information content (AvgIpc) is 3.14. The number of pyridine rings is 1. The lowest BCUT2D eigenvalue weighted by atomic mass is 10.0. The lowest BCUT2D eigenvalue weighted by Crippen LogP contribution is -2.56. The molecule has 2 fully saturated rings. The maximum Gasteiger partial charge on any atom is 0.321 e. The molecule has 2 aliphatic rings. The van der Waals surface area contributed by atoms with E-state index >= 15 is 0 Å². The zero-order valence-electron chi connectivity index (χ0n) is 15.3. The molecule has 1 aromatic carbocycles. The highest BCUT2D eigenvalue weighted by Gasteiger charge is 2.50. The van der Waals surface area contributed by atoms with Gasteiger partial charge < -0.3 is 15.0 Å². The van der Waals surface area contributed by atoms with Crippen molar-refractivity contribution in [3.8, 4) is 0 Å². The maximum absolute atomic E-state index is 13.1. The Hall–Kier alpha value is -2.49. The molecule has 3 heterocycles. The van der Waals surface area contributed by atoms with Gasteiger partial charge in [-0.1, -0.05) is 18.2 Å². The van der Waals surface area contributed by atoms with Crippen LogP contribution in [0.1, 0.15) is 12.8 Å². The third kappa shape index (κ3) is 3.48. The number of urea groups is 1. The Morgan fingerprint density at radius 2 is 1.82 bits per heavy atom. The van der Waals surface area contributed by atoms with Crippen LogP contribution in [-0.4, -0.2) is 60.6 Å². The third-order valence-corrected chi connectivity index (χ3v) is 7.16. The minimum atomic E-state index is -3.65. The van der Waals surface area contributed by atoms with E-state index in [4.69, 9.17) is 4.74 Å². The van der Waals surface area contributed by atoms with Crippen LogP contribution >= 0.6 is 0 Å². The summed E-state index contributed by atoms with van der Waals surface area (Å²) >= 11 is 0. The van der Waals surface area contributed by atoms with E-state index in [2.05, 4.69) is 10.3 Å².